The zero-order valence-corrected chi connectivity index (χ0v) is 13.3. The van der Waals surface area contributed by atoms with Crippen molar-refractivity contribution in [3.05, 3.63) is 20.3 Å². The Balaban J connectivity index is 1.57. The molecule has 2 atom stereocenters. The first-order valence-corrected chi connectivity index (χ1v) is 8.57. The third kappa shape index (κ3) is 2.67. The zero-order chi connectivity index (χ0) is 12.5. The Morgan fingerprint density at radius 3 is 3.06 bits per heavy atom. The molecule has 2 aliphatic rings. The van der Waals surface area contributed by atoms with Gasteiger partial charge in [-0.25, -0.2) is 0 Å². The minimum Gasteiger partial charge on any atom is -0.307 e. The molecule has 0 saturated carbocycles. The minimum atomic E-state index is 0.714. The standard InChI is InChI=1S/C14H21BrN2S/c1-10-12(15)8-11(18-10)9-16-13-5-7-17-6-3-2-4-14(13)17/h8,13-14,16H,2-7,9H2,1H3. The van der Waals surface area contributed by atoms with E-state index in [1.54, 1.807) is 0 Å². The minimum absolute atomic E-state index is 0.714. The highest BCUT2D eigenvalue weighted by atomic mass is 79.9. The van der Waals surface area contributed by atoms with Crippen LogP contribution < -0.4 is 5.32 Å². The van der Waals surface area contributed by atoms with E-state index >= 15 is 0 Å². The van der Waals surface area contributed by atoms with E-state index < -0.39 is 0 Å². The van der Waals surface area contributed by atoms with Gasteiger partial charge in [-0.2, -0.15) is 0 Å². The fourth-order valence-electron chi connectivity index (χ4n) is 3.32. The lowest BCUT2D eigenvalue weighted by molar-refractivity contribution is 0.180. The molecule has 3 heterocycles. The first-order chi connectivity index (χ1) is 8.74. The van der Waals surface area contributed by atoms with E-state index in [1.807, 2.05) is 11.3 Å². The van der Waals surface area contributed by atoms with Crippen LogP contribution in [0.3, 0.4) is 0 Å². The Morgan fingerprint density at radius 2 is 2.28 bits per heavy atom. The van der Waals surface area contributed by atoms with Crippen LogP contribution in [-0.4, -0.2) is 30.1 Å². The van der Waals surface area contributed by atoms with Gasteiger partial charge in [-0.05, 0) is 54.7 Å². The number of nitrogens with zero attached hydrogens (tertiary/aromatic N) is 1. The monoisotopic (exact) mass is 328 g/mol. The molecule has 2 aliphatic heterocycles. The van der Waals surface area contributed by atoms with Crippen molar-refractivity contribution in [2.24, 2.45) is 0 Å². The van der Waals surface area contributed by atoms with Crippen molar-refractivity contribution in [2.75, 3.05) is 13.1 Å². The van der Waals surface area contributed by atoms with Crippen molar-refractivity contribution in [1.82, 2.24) is 10.2 Å². The lowest BCUT2D eigenvalue weighted by Crippen LogP contribution is -2.44. The van der Waals surface area contributed by atoms with Gasteiger partial charge in [0.15, 0.2) is 0 Å². The Morgan fingerprint density at radius 1 is 1.39 bits per heavy atom. The summed E-state index contributed by atoms with van der Waals surface area (Å²) in [6.45, 7) is 5.84. The maximum atomic E-state index is 3.79. The summed E-state index contributed by atoms with van der Waals surface area (Å²) >= 11 is 5.50. The average molecular weight is 329 g/mol. The molecule has 1 N–H and O–H groups in total. The van der Waals surface area contributed by atoms with Gasteiger partial charge in [-0.1, -0.05) is 6.42 Å². The quantitative estimate of drug-likeness (QED) is 0.913. The SMILES string of the molecule is Cc1sc(CNC2CCN3CCCCC23)cc1Br. The molecule has 2 fully saturated rings. The van der Waals surface area contributed by atoms with Gasteiger partial charge in [0.2, 0.25) is 0 Å². The molecule has 0 amide bonds. The number of thiophene rings is 1. The zero-order valence-electron chi connectivity index (χ0n) is 10.9. The lowest BCUT2D eigenvalue weighted by Gasteiger charge is -2.32. The summed E-state index contributed by atoms with van der Waals surface area (Å²) in [6.07, 6.45) is 5.55. The molecule has 1 aromatic rings. The Kier molecular flexibility index (Phi) is 4.09. The van der Waals surface area contributed by atoms with Crippen LogP contribution in [0, 0.1) is 6.92 Å². The van der Waals surface area contributed by atoms with Crippen molar-refractivity contribution < 1.29 is 0 Å². The summed E-state index contributed by atoms with van der Waals surface area (Å²) < 4.78 is 1.26. The van der Waals surface area contributed by atoms with E-state index in [2.05, 4.69) is 39.1 Å². The predicted octanol–water partition coefficient (Wildman–Crippen LogP) is 3.54. The second-order valence-electron chi connectivity index (χ2n) is 5.49. The predicted molar refractivity (Wildman–Crippen MR) is 81.2 cm³/mol. The maximum Gasteiger partial charge on any atom is 0.0314 e. The molecule has 100 valence electrons. The highest BCUT2D eigenvalue weighted by Gasteiger charge is 2.34. The first-order valence-electron chi connectivity index (χ1n) is 6.96. The molecule has 0 aromatic carbocycles. The third-order valence-corrected chi connectivity index (χ3v) is 6.44. The molecule has 2 nitrogen and oxygen atoms in total. The number of aryl methyl sites for hydroxylation is 1. The summed E-state index contributed by atoms with van der Waals surface area (Å²) in [6, 6.07) is 3.79. The smallest absolute Gasteiger partial charge is 0.0314 e. The van der Waals surface area contributed by atoms with E-state index in [4.69, 9.17) is 0 Å². The molecule has 0 spiro atoms. The van der Waals surface area contributed by atoms with Crippen LogP contribution in [0.25, 0.3) is 0 Å². The molecule has 0 radical (unpaired) electrons. The second-order valence-corrected chi connectivity index (χ2v) is 7.69. The van der Waals surface area contributed by atoms with E-state index in [-0.39, 0.29) is 0 Å². The molecule has 3 rings (SSSR count). The van der Waals surface area contributed by atoms with Crippen LogP contribution in [0.2, 0.25) is 0 Å². The Hall–Kier alpha value is 0.100. The summed E-state index contributed by atoms with van der Waals surface area (Å²) in [5, 5.41) is 3.79. The molecule has 1 aromatic heterocycles. The van der Waals surface area contributed by atoms with Crippen LogP contribution in [0.4, 0.5) is 0 Å². The number of halogens is 1. The largest absolute Gasteiger partial charge is 0.307 e. The molecule has 18 heavy (non-hydrogen) atoms. The van der Waals surface area contributed by atoms with Crippen LogP contribution in [0.1, 0.15) is 35.4 Å². The molecular weight excluding hydrogens is 308 g/mol. The number of piperidine rings is 1. The van der Waals surface area contributed by atoms with E-state index in [9.17, 15) is 0 Å². The summed E-state index contributed by atoms with van der Waals surface area (Å²) in [5.41, 5.74) is 0. The second kappa shape index (κ2) is 5.61. The van der Waals surface area contributed by atoms with Crippen molar-refractivity contribution >= 4 is 27.3 Å². The summed E-state index contributed by atoms with van der Waals surface area (Å²) in [7, 11) is 0. The highest BCUT2D eigenvalue weighted by Crippen LogP contribution is 2.29. The van der Waals surface area contributed by atoms with Crippen LogP contribution in [0.15, 0.2) is 10.5 Å². The highest BCUT2D eigenvalue weighted by molar-refractivity contribution is 9.10. The first kappa shape index (κ1) is 13.1. The third-order valence-electron chi connectivity index (χ3n) is 4.30. The number of nitrogens with one attached hydrogen (secondary N) is 1. The van der Waals surface area contributed by atoms with Crippen molar-refractivity contribution in [3.63, 3.8) is 0 Å². The van der Waals surface area contributed by atoms with Gasteiger partial charge in [0.1, 0.15) is 0 Å². The number of rotatable bonds is 3. The normalized spacial score (nSPS) is 28.6. The number of fused-ring (bicyclic) bond motifs is 1. The van der Waals surface area contributed by atoms with Gasteiger partial charge in [-0.15, -0.1) is 11.3 Å². The van der Waals surface area contributed by atoms with Crippen molar-refractivity contribution in [1.29, 1.82) is 0 Å². The van der Waals surface area contributed by atoms with E-state index in [0.29, 0.717) is 6.04 Å². The number of hydrogen-bond donors (Lipinski definition) is 1. The van der Waals surface area contributed by atoms with E-state index in [1.165, 1.54) is 53.0 Å². The topological polar surface area (TPSA) is 15.3 Å². The van der Waals surface area contributed by atoms with Gasteiger partial charge >= 0.3 is 0 Å². The van der Waals surface area contributed by atoms with Gasteiger partial charge in [-0.3, -0.25) is 4.90 Å². The van der Waals surface area contributed by atoms with Crippen molar-refractivity contribution in [3.8, 4) is 0 Å². The number of hydrogen-bond acceptors (Lipinski definition) is 3. The molecule has 2 saturated heterocycles. The Bertz CT molecular complexity index is 398. The summed E-state index contributed by atoms with van der Waals surface area (Å²) in [5.74, 6) is 0. The molecular formula is C14H21BrN2S. The molecule has 2 unspecified atom stereocenters. The molecule has 0 bridgehead atoms. The van der Waals surface area contributed by atoms with Crippen LogP contribution >= 0.6 is 27.3 Å². The molecule has 4 heteroatoms. The fraction of sp³-hybridized carbons (Fsp3) is 0.714. The van der Waals surface area contributed by atoms with Gasteiger partial charge in [0, 0.05) is 39.4 Å². The van der Waals surface area contributed by atoms with E-state index in [0.717, 1.165) is 12.6 Å². The summed E-state index contributed by atoms with van der Waals surface area (Å²) in [4.78, 5) is 5.53. The fourth-order valence-corrected chi connectivity index (χ4v) is 4.87. The average Bonchev–Trinajstić information content (AvgIpc) is 2.92. The van der Waals surface area contributed by atoms with Crippen LogP contribution in [0.5, 0.6) is 0 Å². The van der Waals surface area contributed by atoms with Crippen molar-refractivity contribution in [2.45, 2.75) is 51.2 Å². The lowest BCUT2D eigenvalue weighted by atomic mass is 9.99. The van der Waals surface area contributed by atoms with Gasteiger partial charge in [0.25, 0.3) is 0 Å². The van der Waals surface area contributed by atoms with Crippen LogP contribution in [-0.2, 0) is 6.54 Å². The Labute approximate surface area is 122 Å². The van der Waals surface area contributed by atoms with Gasteiger partial charge in [0.05, 0.1) is 0 Å². The molecule has 0 aliphatic carbocycles. The maximum absolute atomic E-state index is 3.79. The van der Waals surface area contributed by atoms with Gasteiger partial charge < -0.3 is 5.32 Å².